The van der Waals surface area contributed by atoms with E-state index in [0.29, 0.717) is 25.1 Å². The molecule has 1 aliphatic heterocycles. The van der Waals surface area contributed by atoms with Crippen molar-refractivity contribution in [2.75, 3.05) is 20.2 Å². The number of nitrogens with zero attached hydrogens (tertiary/aromatic N) is 1. The Hall–Kier alpha value is -1.88. The van der Waals surface area contributed by atoms with Crippen LogP contribution in [0.2, 0.25) is 0 Å². The molecule has 1 aromatic rings. The van der Waals surface area contributed by atoms with E-state index in [4.69, 9.17) is 9.84 Å². The predicted molar refractivity (Wildman–Crippen MR) is 68.8 cm³/mol. The Bertz CT molecular complexity index is 486. The number of carbonyl (C=O) groups excluding carboxylic acids is 1. The summed E-state index contributed by atoms with van der Waals surface area (Å²) in [7, 11) is 1.58. The molecule has 0 saturated carbocycles. The van der Waals surface area contributed by atoms with E-state index < -0.39 is 11.9 Å². The summed E-state index contributed by atoms with van der Waals surface area (Å²) in [5.74, 6) is -1.39. The molecule has 1 aliphatic rings. The van der Waals surface area contributed by atoms with Gasteiger partial charge in [-0.25, -0.2) is 0 Å². The van der Waals surface area contributed by atoms with Crippen LogP contribution in [0.4, 0.5) is 0 Å². The molecule has 1 fully saturated rings. The molecule has 1 aromatic carbocycles. The Balaban J connectivity index is 2.14. The highest BCUT2D eigenvalue weighted by Crippen LogP contribution is 2.20. The Kier molecular flexibility index (Phi) is 4.16. The molecule has 0 aliphatic carbocycles. The third-order valence-electron chi connectivity index (χ3n) is 3.37. The van der Waals surface area contributed by atoms with Crippen molar-refractivity contribution in [1.82, 2.24) is 4.90 Å². The van der Waals surface area contributed by atoms with Gasteiger partial charge in [-0.1, -0.05) is 18.2 Å². The topological polar surface area (TPSA) is 66.8 Å². The summed E-state index contributed by atoms with van der Waals surface area (Å²) in [6, 6.07) is 7.26. The minimum absolute atomic E-state index is 0.114. The van der Waals surface area contributed by atoms with Gasteiger partial charge in [-0.05, 0) is 18.1 Å². The van der Waals surface area contributed by atoms with Crippen molar-refractivity contribution in [3.8, 4) is 0 Å². The Labute approximate surface area is 111 Å². The summed E-state index contributed by atoms with van der Waals surface area (Å²) < 4.78 is 5.08. The quantitative estimate of drug-likeness (QED) is 0.891. The molecule has 5 nitrogen and oxygen atoms in total. The van der Waals surface area contributed by atoms with Gasteiger partial charge in [0.1, 0.15) is 0 Å². The maximum absolute atomic E-state index is 12.4. The summed E-state index contributed by atoms with van der Waals surface area (Å²) in [4.78, 5) is 24.9. The summed E-state index contributed by atoms with van der Waals surface area (Å²) in [5.41, 5.74) is 1.42. The fourth-order valence-electron chi connectivity index (χ4n) is 2.33. The highest BCUT2D eigenvalue weighted by Gasteiger charge is 2.31. The minimum atomic E-state index is -0.833. The van der Waals surface area contributed by atoms with Gasteiger partial charge in [0.05, 0.1) is 12.5 Å². The summed E-state index contributed by atoms with van der Waals surface area (Å²) in [5, 5.41) is 8.96. The standard InChI is InChI=1S/C14H17NO4/c1-19-9-11-4-2-3-5-12(11)13(16)15-7-6-10(8-15)14(17)18/h2-5,10H,6-9H2,1H3,(H,17,18)/t10-/m0/s1. The molecule has 0 aromatic heterocycles. The highest BCUT2D eigenvalue weighted by molar-refractivity contribution is 5.96. The zero-order valence-electron chi connectivity index (χ0n) is 10.8. The smallest absolute Gasteiger partial charge is 0.308 e. The van der Waals surface area contributed by atoms with E-state index in [2.05, 4.69) is 0 Å². The second-order valence-corrected chi connectivity index (χ2v) is 4.67. The van der Waals surface area contributed by atoms with Crippen LogP contribution in [0.5, 0.6) is 0 Å². The van der Waals surface area contributed by atoms with E-state index in [1.165, 1.54) is 0 Å². The van der Waals surface area contributed by atoms with Crippen molar-refractivity contribution in [2.45, 2.75) is 13.0 Å². The third-order valence-corrected chi connectivity index (χ3v) is 3.37. The van der Waals surface area contributed by atoms with Crippen LogP contribution in [-0.4, -0.2) is 42.1 Å². The maximum atomic E-state index is 12.4. The van der Waals surface area contributed by atoms with Crippen molar-refractivity contribution in [3.63, 3.8) is 0 Å². The fraction of sp³-hybridized carbons (Fsp3) is 0.429. The van der Waals surface area contributed by atoms with Gasteiger partial charge in [-0.15, -0.1) is 0 Å². The van der Waals surface area contributed by atoms with Crippen molar-refractivity contribution in [1.29, 1.82) is 0 Å². The molecule has 0 bridgehead atoms. The highest BCUT2D eigenvalue weighted by atomic mass is 16.5. The monoisotopic (exact) mass is 263 g/mol. The molecular formula is C14H17NO4. The fourth-order valence-corrected chi connectivity index (χ4v) is 2.33. The molecule has 102 valence electrons. The van der Waals surface area contributed by atoms with E-state index in [0.717, 1.165) is 5.56 Å². The van der Waals surface area contributed by atoms with Crippen molar-refractivity contribution >= 4 is 11.9 Å². The Morgan fingerprint density at radius 1 is 1.42 bits per heavy atom. The first-order valence-corrected chi connectivity index (χ1v) is 6.22. The Morgan fingerprint density at radius 3 is 2.79 bits per heavy atom. The number of amides is 1. The van der Waals surface area contributed by atoms with Crippen molar-refractivity contribution < 1.29 is 19.4 Å². The number of carbonyl (C=O) groups is 2. The number of hydrogen-bond donors (Lipinski definition) is 1. The number of hydrogen-bond acceptors (Lipinski definition) is 3. The number of ether oxygens (including phenoxy) is 1. The Morgan fingerprint density at radius 2 is 2.16 bits per heavy atom. The van der Waals surface area contributed by atoms with Crippen LogP contribution in [0.15, 0.2) is 24.3 Å². The minimum Gasteiger partial charge on any atom is -0.481 e. The van der Waals surface area contributed by atoms with Crippen LogP contribution < -0.4 is 0 Å². The van der Waals surface area contributed by atoms with E-state index in [-0.39, 0.29) is 12.5 Å². The molecule has 1 amide bonds. The van der Waals surface area contributed by atoms with Crippen LogP contribution in [0.3, 0.4) is 0 Å². The second kappa shape index (κ2) is 5.84. The molecule has 1 N–H and O–H groups in total. The molecule has 5 heteroatoms. The number of rotatable bonds is 4. The second-order valence-electron chi connectivity index (χ2n) is 4.67. The van der Waals surface area contributed by atoms with Gasteiger partial charge in [0, 0.05) is 25.8 Å². The predicted octanol–water partition coefficient (Wildman–Crippen LogP) is 1.38. The molecule has 2 rings (SSSR count). The molecule has 19 heavy (non-hydrogen) atoms. The van der Waals surface area contributed by atoms with Crippen LogP contribution in [0, 0.1) is 5.92 Å². The van der Waals surface area contributed by atoms with Crippen LogP contribution in [-0.2, 0) is 16.1 Å². The van der Waals surface area contributed by atoms with Crippen LogP contribution in [0.1, 0.15) is 22.3 Å². The van der Waals surface area contributed by atoms with Gasteiger partial charge >= 0.3 is 5.97 Å². The molecule has 1 saturated heterocycles. The van der Waals surface area contributed by atoms with E-state index in [1.54, 1.807) is 24.1 Å². The average Bonchev–Trinajstić information content (AvgIpc) is 2.89. The lowest BCUT2D eigenvalue weighted by molar-refractivity contribution is -0.141. The molecule has 0 spiro atoms. The van der Waals surface area contributed by atoms with E-state index >= 15 is 0 Å². The number of methoxy groups -OCH3 is 1. The van der Waals surface area contributed by atoms with E-state index in [9.17, 15) is 9.59 Å². The first kappa shape index (κ1) is 13.5. The molecule has 1 atom stereocenters. The molecule has 0 radical (unpaired) electrons. The summed E-state index contributed by atoms with van der Waals surface area (Å²) in [6.07, 6.45) is 0.521. The normalized spacial score (nSPS) is 18.6. The zero-order chi connectivity index (χ0) is 13.8. The SMILES string of the molecule is COCc1ccccc1C(=O)N1CC[C@H](C(=O)O)C1. The molecule has 1 heterocycles. The number of carboxylic acids is 1. The van der Waals surface area contributed by atoms with E-state index in [1.807, 2.05) is 12.1 Å². The van der Waals surface area contributed by atoms with Crippen molar-refractivity contribution in [3.05, 3.63) is 35.4 Å². The molecule has 0 unspecified atom stereocenters. The lowest BCUT2D eigenvalue weighted by atomic mass is 10.1. The van der Waals surface area contributed by atoms with Crippen LogP contribution >= 0.6 is 0 Å². The lowest BCUT2D eigenvalue weighted by Crippen LogP contribution is -2.30. The first-order chi connectivity index (χ1) is 9.13. The maximum Gasteiger partial charge on any atom is 0.308 e. The van der Waals surface area contributed by atoms with Gasteiger partial charge in [0.25, 0.3) is 5.91 Å². The van der Waals surface area contributed by atoms with Gasteiger partial charge in [0.2, 0.25) is 0 Å². The van der Waals surface area contributed by atoms with Gasteiger partial charge in [-0.3, -0.25) is 9.59 Å². The zero-order valence-corrected chi connectivity index (χ0v) is 10.8. The lowest BCUT2D eigenvalue weighted by Gasteiger charge is -2.17. The third kappa shape index (κ3) is 2.93. The number of benzene rings is 1. The van der Waals surface area contributed by atoms with Gasteiger partial charge < -0.3 is 14.7 Å². The van der Waals surface area contributed by atoms with Crippen molar-refractivity contribution in [2.24, 2.45) is 5.92 Å². The largest absolute Gasteiger partial charge is 0.481 e. The number of carboxylic acid groups (broad SMARTS) is 1. The molecular weight excluding hydrogens is 246 g/mol. The first-order valence-electron chi connectivity index (χ1n) is 6.22. The van der Waals surface area contributed by atoms with Crippen LogP contribution in [0.25, 0.3) is 0 Å². The van der Waals surface area contributed by atoms with Gasteiger partial charge in [0.15, 0.2) is 0 Å². The summed E-state index contributed by atoms with van der Waals surface area (Å²) >= 11 is 0. The van der Waals surface area contributed by atoms with Gasteiger partial charge in [-0.2, -0.15) is 0 Å². The number of likely N-dealkylation sites (tertiary alicyclic amines) is 1. The summed E-state index contributed by atoms with van der Waals surface area (Å²) in [6.45, 7) is 1.16. The average molecular weight is 263 g/mol. The number of aliphatic carboxylic acids is 1.